The summed E-state index contributed by atoms with van der Waals surface area (Å²) in [5, 5.41) is 30.8. The number of carboxylic acids is 1. The molecule has 7 heteroatoms. The molecule has 0 aromatic carbocycles. The maximum Gasteiger partial charge on any atom is 0.312 e. The summed E-state index contributed by atoms with van der Waals surface area (Å²) in [5.41, 5.74) is -0.899. The molecule has 0 amide bonds. The summed E-state index contributed by atoms with van der Waals surface area (Å²) >= 11 is 0. The Bertz CT molecular complexity index is 1120. The van der Waals surface area contributed by atoms with Gasteiger partial charge in [0.2, 0.25) is 0 Å². The fraction of sp³-hybridized carbons (Fsp3) is 0.848. The van der Waals surface area contributed by atoms with Gasteiger partial charge in [0.1, 0.15) is 6.10 Å². The minimum Gasteiger partial charge on any atom is -0.481 e. The molecule has 0 heterocycles. The van der Waals surface area contributed by atoms with E-state index in [9.17, 15) is 29.7 Å². The summed E-state index contributed by atoms with van der Waals surface area (Å²) in [4.78, 5) is 38.1. The van der Waals surface area contributed by atoms with Gasteiger partial charge in [-0.1, -0.05) is 34.3 Å². The van der Waals surface area contributed by atoms with Crippen LogP contribution in [0.5, 0.6) is 0 Å². The van der Waals surface area contributed by atoms with Gasteiger partial charge in [0.15, 0.2) is 5.78 Å². The first-order valence-electron chi connectivity index (χ1n) is 15.5. The van der Waals surface area contributed by atoms with Crippen LogP contribution in [0.1, 0.15) is 99.3 Å². The Labute approximate surface area is 239 Å². The second-order valence-corrected chi connectivity index (χ2v) is 15.2. The van der Waals surface area contributed by atoms with Gasteiger partial charge in [-0.05, 0) is 103 Å². The van der Waals surface area contributed by atoms with Gasteiger partial charge in [-0.15, -0.1) is 0 Å². The van der Waals surface area contributed by atoms with E-state index < -0.39 is 17.5 Å². The van der Waals surface area contributed by atoms with E-state index >= 15 is 0 Å². The van der Waals surface area contributed by atoms with Gasteiger partial charge in [0, 0.05) is 31.8 Å². The van der Waals surface area contributed by atoms with Gasteiger partial charge in [-0.3, -0.25) is 14.4 Å². The summed E-state index contributed by atoms with van der Waals surface area (Å²) in [5.74, 6) is -1.12. The molecule has 5 fully saturated rings. The number of esters is 1. The Morgan fingerprint density at radius 2 is 1.60 bits per heavy atom. The summed E-state index contributed by atoms with van der Waals surface area (Å²) in [6.45, 7) is 15.7. The van der Waals surface area contributed by atoms with Crippen molar-refractivity contribution in [2.24, 2.45) is 56.7 Å². The van der Waals surface area contributed by atoms with Crippen LogP contribution in [-0.2, 0) is 19.1 Å². The Hall–Kier alpha value is -1.73. The lowest BCUT2D eigenvalue weighted by molar-refractivity contribution is -0.189. The molecule has 224 valence electrons. The van der Waals surface area contributed by atoms with E-state index in [1.165, 1.54) is 6.92 Å². The number of ether oxygens (including phenoxy) is 1. The van der Waals surface area contributed by atoms with Gasteiger partial charge in [-0.25, -0.2) is 0 Å². The smallest absolute Gasteiger partial charge is 0.312 e. The molecule has 0 bridgehead atoms. The largest absolute Gasteiger partial charge is 0.481 e. The topological polar surface area (TPSA) is 121 Å². The lowest BCUT2D eigenvalue weighted by Crippen LogP contribution is -2.60. The van der Waals surface area contributed by atoms with Crippen molar-refractivity contribution in [2.45, 2.75) is 112 Å². The van der Waals surface area contributed by atoms with E-state index in [4.69, 9.17) is 4.74 Å². The summed E-state index contributed by atoms with van der Waals surface area (Å²) in [6.07, 6.45) is 6.13. The third-order valence-corrected chi connectivity index (χ3v) is 13.9. The highest BCUT2D eigenvalue weighted by molar-refractivity contribution is 5.95. The van der Waals surface area contributed by atoms with E-state index in [-0.39, 0.29) is 69.8 Å². The van der Waals surface area contributed by atoms with Gasteiger partial charge in [0.25, 0.3) is 0 Å². The zero-order chi connectivity index (χ0) is 29.6. The first kappa shape index (κ1) is 29.8. The van der Waals surface area contributed by atoms with Crippen LogP contribution in [0.15, 0.2) is 12.2 Å². The number of fused-ring (bicyclic) bond motifs is 2. The fourth-order valence-corrected chi connectivity index (χ4v) is 11.7. The second-order valence-electron chi connectivity index (χ2n) is 15.2. The van der Waals surface area contributed by atoms with E-state index in [0.29, 0.717) is 24.3 Å². The second kappa shape index (κ2) is 9.39. The van der Waals surface area contributed by atoms with Crippen molar-refractivity contribution in [1.82, 2.24) is 0 Å². The number of rotatable bonds is 8. The molecule has 5 aliphatic carbocycles. The van der Waals surface area contributed by atoms with Crippen molar-refractivity contribution in [1.29, 1.82) is 0 Å². The van der Waals surface area contributed by atoms with Crippen molar-refractivity contribution < 1.29 is 34.4 Å². The molecule has 1 unspecified atom stereocenters. The molecular formula is C33H50O7. The average molecular weight is 559 g/mol. The number of hydrogen-bond acceptors (Lipinski definition) is 6. The maximum absolute atomic E-state index is 13.2. The SMILES string of the molecule is C=C(C(=O)C[C@@H](C)[C@H]1[C@@H](OC(C)=O)C[C@@]2(C)[C@@H]3CC[C@H]4[C@](C)(C(=O)O)[C@@H](O)CC[C@@]45C[C@@]35CC[C@]12C)C(C)CO. The number of ketones is 1. The van der Waals surface area contributed by atoms with E-state index in [1.54, 1.807) is 6.92 Å². The molecule has 5 saturated carbocycles. The number of carboxylic acid groups (broad SMARTS) is 1. The lowest BCUT2D eigenvalue weighted by atomic mass is 9.41. The predicted octanol–water partition coefficient (Wildman–Crippen LogP) is 5.17. The van der Waals surface area contributed by atoms with Crippen molar-refractivity contribution in [3.8, 4) is 0 Å². The molecule has 0 aromatic heterocycles. The molecule has 40 heavy (non-hydrogen) atoms. The van der Waals surface area contributed by atoms with Crippen LogP contribution in [-0.4, -0.2) is 51.9 Å². The molecule has 12 atom stereocenters. The van der Waals surface area contributed by atoms with Crippen LogP contribution < -0.4 is 0 Å². The highest BCUT2D eigenvalue weighted by atomic mass is 16.5. The monoisotopic (exact) mass is 558 g/mol. The number of aliphatic hydroxyl groups excluding tert-OH is 2. The standard InChI is InChI=1S/C33H50O7/c1-18(14-22(36)20(3)19(2)16-34)27-23(40-21(4)35)15-30(6)24-8-9-25-31(7,28(38)39)26(37)10-11-32(25)17-33(24,32)13-12-29(27,30)5/h18-19,23-27,34,37H,3,8-17H2,1-2,4-7H3,(H,38,39)/t18-,19?,23+,24+,25+,26+,27+,29-,30+,31+,32-,33+/m1/s1. The third kappa shape index (κ3) is 3.64. The summed E-state index contributed by atoms with van der Waals surface area (Å²) in [7, 11) is 0. The molecule has 5 rings (SSSR count). The van der Waals surface area contributed by atoms with Gasteiger partial charge < -0.3 is 20.1 Å². The van der Waals surface area contributed by atoms with Crippen LogP contribution >= 0.6 is 0 Å². The quantitative estimate of drug-likeness (QED) is 0.277. The summed E-state index contributed by atoms with van der Waals surface area (Å²) in [6, 6.07) is 0. The fourth-order valence-electron chi connectivity index (χ4n) is 11.7. The van der Waals surface area contributed by atoms with Crippen molar-refractivity contribution in [2.75, 3.05) is 6.61 Å². The van der Waals surface area contributed by atoms with Crippen LogP contribution in [0.3, 0.4) is 0 Å². The first-order chi connectivity index (χ1) is 18.6. The lowest BCUT2D eigenvalue weighted by Gasteiger charge is -2.62. The van der Waals surface area contributed by atoms with Crippen molar-refractivity contribution in [3.05, 3.63) is 12.2 Å². The molecular weight excluding hydrogens is 508 g/mol. The Kier molecular flexibility index (Phi) is 6.98. The number of carbonyl (C=O) groups excluding carboxylic acids is 2. The van der Waals surface area contributed by atoms with E-state index in [2.05, 4.69) is 27.4 Å². The zero-order valence-electron chi connectivity index (χ0n) is 25.3. The first-order valence-corrected chi connectivity index (χ1v) is 15.5. The van der Waals surface area contributed by atoms with E-state index in [1.807, 2.05) is 6.92 Å². The summed E-state index contributed by atoms with van der Waals surface area (Å²) < 4.78 is 6.06. The number of aliphatic hydroxyl groups is 2. The minimum atomic E-state index is -1.12. The molecule has 0 saturated heterocycles. The molecule has 5 aliphatic rings. The molecule has 0 aromatic rings. The molecule has 3 N–H and O–H groups in total. The molecule has 2 spiro atoms. The Morgan fingerprint density at radius 1 is 0.975 bits per heavy atom. The molecule has 7 nitrogen and oxygen atoms in total. The van der Waals surface area contributed by atoms with Gasteiger partial charge in [-0.2, -0.15) is 0 Å². The number of carbonyl (C=O) groups is 3. The maximum atomic E-state index is 13.2. The third-order valence-electron chi connectivity index (χ3n) is 13.9. The normalized spacial score (nSPS) is 48.5. The predicted molar refractivity (Wildman–Crippen MR) is 150 cm³/mol. The minimum absolute atomic E-state index is 0.0184. The van der Waals surface area contributed by atoms with E-state index in [0.717, 1.165) is 44.9 Å². The van der Waals surface area contributed by atoms with Gasteiger partial charge >= 0.3 is 11.9 Å². The van der Waals surface area contributed by atoms with Crippen molar-refractivity contribution in [3.63, 3.8) is 0 Å². The van der Waals surface area contributed by atoms with Crippen LogP contribution in [0.4, 0.5) is 0 Å². The zero-order valence-corrected chi connectivity index (χ0v) is 25.3. The average Bonchev–Trinajstić information content (AvgIpc) is 3.49. The number of Topliss-reactive ketones (excluding diaryl/α,β-unsaturated/α-hetero) is 1. The van der Waals surface area contributed by atoms with Gasteiger partial charge in [0.05, 0.1) is 11.5 Å². The highest BCUT2D eigenvalue weighted by Crippen LogP contribution is 2.89. The highest BCUT2D eigenvalue weighted by Gasteiger charge is 2.84. The van der Waals surface area contributed by atoms with Crippen LogP contribution in [0.25, 0.3) is 0 Å². The van der Waals surface area contributed by atoms with Crippen molar-refractivity contribution >= 4 is 17.7 Å². The Balaban J connectivity index is 1.48. The number of aliphatic carboxylic acids is 1. The Morgan fingerprint density at radius 3 is 2.20 bits per heavy atom. The van der Waals surface area contributed by atoms with Crippen LogP contribution in [0, 0.1) is 56.7 Å². The van der Waals surface area contributed by atoms with Crippen LogP contribution in [0.2, 0.25) is 0 Å². The molecule has 0 aliphatic heterocycles. The molecule has 0 radical (unpaired) electrons. The number of hydrogen-bond donors (Lipinski definition) is 3.